The zero-order chi connectivity index (χ0) is 6.97. The van der Waals surface area contributed by atoms with Crippen LogP contribution in [0.3, 0.4) is 0 Å². The molecule has 0 saturated carbocycles. The molecule has 2 rings (SSSR count). The van der Waals surface area contributed by atoms with Crippen LogP contribution >= 0.6 is 0 Å². The van der Waals surface area contributed by atoms with Gasteiger partial charge in [-0.05, 0) is 0 Å². The Kier molecular flexibility index (Phi) is 1.72. The first-order valence-electron chi connectivity index (χ1n) is 2.81. The Bertz CT molecular complexity index is 255. The summed E-state index contributed by atoms with van der Waals surface area (Å²) in [6.07, 6.45) is 0. The predicted octanol–water partition coefficient (Wildman–Crippen LogP) is -0.443. The topological polar surface area (TPSA) is 35.1 Å². The van der Waals surface area contributed by atoms with Crippen molar-refractivity contribution >= 4 is 31.0 Å². The van der Waals surface area contributed by atoms with Crippen molar-refractivity contribution in [2.45, 2.75) is 4.90 Å². The van der Waals surface area contributed by atoms with Gasteiger partial charge in [0.05, 0.1) is 0 Å². The van der Waals surface area contributed by atoms with E-state index in [9.17, 15) is 4.55 Å². The average Bonchev–Trinajstić information content (AvgIpc) is 2.34. The third kappa shape index (κ3) is 0.983. The van der Waals surface area contributed by atoms with Gasteiger partial charge in [0.1, 0.15) is 0 Å². The molecule has 1 aliphatic heterocycles. The summed E-state index contributed by atoms with van der Waals surface area (Å²) in [6, 6.07) is 7.82. The van der Waals surface area contributed by atoms with Gasteiger partial charge in [0.25, 0.3) is 0 Å². The van der Waals surface area contributed by atoms with Crippen molar-refractivity contribution in [3.63, 3.8) is 0 Å². The second kappa shape index (κ2) is 2.57. The van der Waals surface area contributed by atoms with Crippen LogP contribution in [-0.2, 0) is 11.4 Å². The van der Waals surface area contributed by atoms with E-state index in [0.717, 1.165) is 4.90 Å². The Morgan fingerprint density at radius 3 is 3.00 bits per heavy atom. The van der Waals surface area contributed by atoms with Crippen LogP contribution in [0.1, 0.15) is 0 Å². The van der Waals surface area contributed by atoms with Crippen LogP contribution in [0.15, 0.2) is 29.2 Å². The standard InChI is InChI=1S/C6H5NOSSe/c8-9-5-3-1-2-4-6(5)10-7-9/h1-4,7H. The molecule has 1 aromatic rings. The molecule has 2 nitrogen and oxygen atoms in total. The van der Waals surface area contributed by atoms with E-state index >= 15 is 0 Å². The zero-order valence-electron chi connectivity index (χ0n) is 5.03. The van der Waals surface area contributed by atoms with Gasteiger partial charge in [0, 0.05) is 0 Å². The molecular formula is C6H5NOSSe. The molecule has 0 bridgehead atoms. The summed E-state index contributed by atoms with van der Waals surface area (Å²) in [5.74, 6) is 0. The van der Waals surface area contributed by atoms with E-state index in [2.05, 4.69) is 3.74 Å². The van der Waals surface area contributed by atoms with Gasteiger partial charge in [0.15, 0.2) is 0 Å². The molecule has 1 aliphatic rings. The molecule has 1 aromatic carbocycles. The Morgan fingerprint density at radius 2 is 2.20 bits per heavy atom. The van der Waals surface area contributed by atoms with Crippen molar-refractivity contribution in [1.29, 1.82) is 0 Å². The van der Waals surface area contributed by atoms with Crippen molar-refractivity contribution in [2.24, 2.45) is 0 Å². The molecule has 0 spiro atoms. The average molecular weight is 218 g/mol. The van der Waals surface area contributed by atoms with Gasteiger partial charge in [-0.15, -0.1) is 0 Å². The number of hydrogen-bond donors (Lipinski definition) is 1. The summed E-state index contributed by atoms with van der Waals surface area (Å²) in [4.78, 5) is 0.961. The first-order chi connectivity index (χ1) is 4.88. The number of nitrogens with one attached hydrogen (secondary N) is 1. The van der Waals surface area contributed by atoms with E-state index < -0.39 is 11.4 Å². The summed E-state index contributed by atoms with van der Waals surface area (Å²) in [5, 5.41) is 0. The Morgan fingerprint density at radius 1 is 1.40 bits per heavy atom. The first-order valence-corrected chi connectivity index (χ1v) is 5.67. The van der Waals surface area contributed by atoms with Crippen LogP contribution in [0.5, 0.6) is 0 Å². The zero-order valence-corrected chi connectivity index (χ0v) is 7.56. The van der Waals surface area contributed by atoms with Gasteiger partial charge in [-0.25, -0.2) is 0 Å². The number of hydrogen-bond acceptors (Lipinski definition) is 2. The second-order valence-corrected chi connectivity index (χ2v) is 5.44. The fraction of sp³-hybridized carbons (Fsp3) is 0. The van der Waals surface area contributed by atoms with Gasteiger partial charge in [-0.3, -0.25) is 0 Å². The van der Waals surface area contributed by atoms with Crippen molar-refractivity contribution in [1.82, 2.24) is 3.74 Å². The van der Waals surface area contributed by atoms with Gasteiger partial charge in [-0.2, -0.15) is 0 Å². The van der Waals surface area contributed by atoms with Gasteiger partial charge < -0.3 is 0 Å². The fourth-order valence-electron chi connectivity index (χ4n) is 0.815. The minimum absolute atomic E-state index is 0.224. The molecule has 0 radical (unpaired) electrons. The van der Waals surface area contributed by atoms with Gasteiger partial charge >= 0.3 is 68.5 Å². The molecule has 0 amide bonds. The Balaban J connectivity index is 2.51. The number of benzene rings is 1. The Labute approximate surface area is 68.7 Å². The third-order valence-electron chi connectivity index (χ3n) is 1.28. The Hall–Kier alpha value is 0.00948. The maximum absolute atomic E-state index is 11.1. The van der Waals surface area contributed by atoms with E-state index in [4.69, 9.17) is 0 Å². The summed E-state index contributed by atoms with van der Waals surface area (Å²) in [6.45, 7) is 0. The number of rotatable bonds is 0. The summed E-state index contributed by atoms with van der Waals surface area (Å²) in [5.41, 5.74) is 0. The monoisotopic (exact) mass is 219 g/mol. The molecule has 1 unspecified atom stereocenters. The van der Waals surface area contributed by atoms with Crippen LogP contribution in [0.4, 0.5) is 0 Å². The molecule has 0 saturated heterocycles. The van der Waals surface area contributed by atoms with E-state index in [1.807, 2.05) is 24.3 Å². The quantitative estimate of drug-likeness (QED) is 0.473. The normalized spacial score (nSPS) is 22.7. The minimum atomic E-state index is -0.920. The summed E-state index contributed by atoms with van der Waals surface area (Å²) >= 11 is -0.696. The van der Waals surface area contributed by atoms with E-state index in [0.29, 0.717) is 0 Å². The van der Waals surface area contributed by atoms with Crippen molar-refractivity contribution in [3.05, 3.63) is 24.3 Å². The molecule has 4 heteroatoms. The van der Waals surface area contributed by atoms with Crippen LogP contribution in [-0.4, -0.2) is 19.7 Å². The SMILES string of the molecule is [O-][S+]1N[Se]c2ccccc21. The van der Waals surface area contributed by atoms with Gasteiger partial charge in [0.2, 0.25) is 0 Å². The molecule has 10 heavy (non-hydrogen) atoms. The molecule has 1 atom stereocenters. The van der Waals surface area contributed by atoms with Crippen LogP contribution < -0.4 is 8.20 Å². The van der Waals surface area contributed by atoms with Crippen molar-refractivity contribution < 1.29 is 4.55 Å². The second-order valence-electron chi connectivity index (χ2n) is 1.90. The van der Waals surface area contributed by atoms with E-state index in [1.54, 1.807) is 0 Å². The first kappa shape index (κ1) is 6.70. The predicted molar refractivity (Wildman–Crippen MR) is 41.4 cm³/mol. The van der Waals surface area contributed by atoms with Gasteiger partial charge in [-0.1, -0.05) is 0 Å². The maximum atomic E-state index is 11.1. The van der Waals surface area contributed by atoms with Crippen molar-refractivity contribution in [3.8, 4) is 0 Å². The molecule has 0 fully saturated rings. The molecule has 0 aliphatic carbocycles. The fourth-order valence-corrected chi connectivity index (χ4v) is 4.48. The third-order valence-corrected chi connectivity index (χ3v) is 5.24. The van der Waals surface area contributed by atoms with E-state index in [-0.39, 0.29) is 15.2 Å². The molecule has 52 valence electrons. The van der Waals surface area contributed by atoms with Crippen LogP contribution in [0.25, 0.3) is 0 Å². The van der Waals surface area contributed by atoms with Crippen molar-refractivity contribution in [2.75, 3.05) is 0 Å². The van der Waals surface area contributed by atoms with Crippen LogP contribution in [0.2, 0.25) is 0 Å². The molecule has 1 N–H and O–H groups in total. The molecular weight excluding hydrogens is 213 g/mol. The summed E-state index contributed by atoms with van der Waals surface area (Å²) < 4.78 is 15.2. The number of fused-ring (bicyclic) bond motifs is 1. The van der Waals surface area contributed by atoms with Crippen LogP contribution in [0, 0.1) is 0 Å². The molecule has 1 heterocycles. The molecule has 0 aromatic heterocycles. The van der Waals surface area contributed by atoms with E-state index in [1.165, 1.54) is 4.46 Å². The summed E-state index contributed by atoms with van der Waals surface area (Å²) in [7, 11) is 0.